The zero-order valence-corrected chi connectivity index (χ0v) is 16.2. The predicted octanol–water partition coefficient (Wildman–Crippen LogP) is 2.90. The molecule has 0 saturated carbocycles. The van der Waals surface area contributed by atoms with Gasteiger partial charge in [-0.2, -0.15) is 0 Å². The topological polar surface area (TPSA) is 95.1 Å². The SMILES string of the molecule is CC(C)Cc1cc(CNC(=O)c2cnc3c(c2)ncn3C2CCOCC2)on1. The molecule has 1 N–H and O–H groups in total. The molecule has 0 bridgehead atoms. The molecule has 3 aromatic heterocycles. The van der Waals surface area contributed by atoms with Crippen molar-refractivity contribution < 1.29 is 14.1 Å². The second kappa shape index (κ2) is 8.10. The Balaban J connectivity index is 1.42. The number of hydrogen-bond acceptors (Lipinski definition) is 6. The molecule has 4 heterocycles. The van der Waals surface area contributed by atoms with Gasteiger partial charge in [0.05, 0.1) is 24.1 Å². The third-order valence-corrected chi connectivity index (χ3v) is 4.91. The molecule has 0 atom stereocenters. The Bertz CT molecular complexity index is 956. The van der Waals surface area contributed by atoms with Crippen molar-refractivity contribution in [1.29, 1.82) is 0 Å². The maximum absolute atomic E-state index is 12.5. The van der Waals surface area contributed by atoms with Gasteiger partial charge in [0.2, 0.25) is 0 Å². The van der Waals surface area contributed by atoms with Crippen molar-refractivity contribution in [2.75, 3.05) is 13.2 Å². The Morgan fingerprint density at radius 1 is 1.29 bits per heavy atom. The minimum absolute atomic E-state index is 0.211. The number of aromatic nitrogens is 4. The number of amides is 1. The molecule has 0 radical (unpaired) electrons. The van der Waals surface area contributed by atoms with E-state index in [-0.39, 0.29) is 5.91 Å². The van der Waals surface area contributed by atoms with Crippen LogP contribution in [0.4, 0.5) is 0 Å². The van der Waals surface area contributed by atoms with Gasteiger partial charge in [-0.1, -0.05) is 19.0 Å². The number of imidazole rings is 1. The first-order chi connectivity index (χ1) is 13.6. The average molecular weight is 383 g/mol. The summed E-state index contributed by atoms with van der Waals surface area (Å²) in [5.74, 6) is 0.935. The maximum Gasteiger partial charge on any atom is 0.253 e. The van der Waals surface area contributed by atoms with Crippen LogP contribution in [0.1, 0.15) is 54.5 Å². The fraction of sp³-hybridized carbons (Fsp3) is 0.500. The molecule has 1 fully saturated rings. The number of pyridine rings is 1. The third kappa shape index (κ3) is 4.06. The van der Waals surface area contributed by atoms with Gasteiger partial charge in [0.25, 0.3) is 5.91 Å². The van der Waals surface area contributed by atoms with E-state index in [1.165, 1.54) is 0 Å². The van der Waals surface area contributed by atoms with Crippen LogP contribution in [-0.4, -0.2) is 38.8 Å². The highest BCUT2D eigenvalue weighted by molar-refractivity contribution is 5.96. The van der Waals surface area contributed by atoms with Crippen LogP contribution >= 0.6 is 0 Å². The minimum Gasteiger partial charge on any atom is -0.381 e. The molecule has 1 saturated heterocycles. The van der Waals surface area contributed by atoms with Gasteiger partial charge in [-0.15, -0.1) is 0 Å². The lowest BCUT2D eigenvalue weighted by atomic mass is 10.1. The van der Waals surface area contributed by atoms with E-state index in [1.54, 1.807) is 18.6 Å². The van der Waals surface area contributed by atoms with E-state index in [4.69, 9.17) is 9.26 Å². The van der Waals surface area contributed by atoms with E-state index in [1.807, 2.05) is 6.07 Å². The number of nitrogens with zero attached hydrogens (tertiary/aromatic N) is 4. The molecule has 1 aliphatic rings. The number of fused-ring (bicyclic) bond motifs is 1. The first kappa shape index (κ1) is 18.6. The Morgan fingerprint density at radius 2 is 2.11 bits per heavy atom. The lowest BCUT2D eigenvalue weighted by molar-refractivity contribution is 0.0704. The summed E-state index contributed by atoms with van der Waals surface area (Å²) in [4.78, 5) is 21.4. The highest BCUT2D eigenvalue weighted by Crippen LogP contribution is 2.24. The van der Waals surface area contributed by atoms with Crippen molar-refractivity contribution in [2.24, 2.45) is 5.92 Å². The lowest BCUT2D eigenvalue weighted by Crippen LogP contribution is -2.23. The Morgan fingerprint density at radius 3 is 2.89 bits per heavy atom. The Kier molecular flexibility index (Phi) is 5.38. The van der Waals surface area contributed by atoms with E-state index in [2.05, 4.69) is 38.9 Å². The molecule has 8 nitrogen and oxygen atoms in total. The summed E-state index contributed by atoms with van der Waals surface area (Å²) >= 11 is 0. The summed E-state index contributed by atoms with van der Waals surface area (Å²) < 4.78 is 12.8. The third-order valence-electron chi connectivity index (χ3n) is 4.91. The van der Waals surface area contributed by atoms with Crippen LogP contribution in [0.5, 0.6) is 0 Å². The molecule has 148 valence electrons. The number of ether oxygens (including phenoxy) is 1. The van der Waals surface area contributed by atoms with Crippen LogP contribution in [0.15, 0.2) is 29.2 Å². The normalized spacial score (nSPS) is 15.4. The first-order valence-electron chi connectivity index (χ1n) is 9.73. The molecule has 1 aliphatic heterocycles. The number of rotatable bonds is 6. The molecule has 0 aliphatic carbocycles. The summed E-state index contributed by atoms with van der Waals surface area (Å²) in [6.07, 6.45) is 6.16. The van der Waals surface area contributed by atoms with E-state index >= 15 is 0 Å². The van der Waals surface area contributed by atoms with Crippen LogP contribution in [-0.2, 0) is 17.7 Å². The molecule has 3 aromatic rings. The van der Waals surface area contributed by atoms with Gasteiger partial charge >= 0.3 is 0 Å². The first-order valence-corrected chi connectivity index (χ1v) is 9.73. The van der Waals surface area contributed by atoms with Gasteiger partial charge in [-0.05, 0) is 31.2 Å². The van der Waals surface area contributed by atoms with Crippen molar-refractivity contribution in [2.45, 2.75) is 45.7 Å². The second-order valence-corrected chi connectivity index (χ2v) is 7.63. The highest BCUT2D eigenvalue weighted by Gasteiger charge is 2.19. The van der Waals surface area contributed by atoms with Crippen LogP contribution < -0.4 is 5.32 Å². The Hall–Kier alpha value is -2.74. The van der Waals surface area contributed by atoms with Gasteiger partial charge in [0.15, 0.2) is 11.4 Å². The smallest absolute Gasteiger partial charge is 0.253 e. The fourth-order valence-corrected chi connectivity index (χ4v) is 3.50. The molecular weight excluding hydrogens is 358 g/mol. The number of hydrogen-bond donors (Lipinski definition) is 1. The van der Waals surface area contributed by atoms with Crippen molar-refractivity contribution in [1.82, 2.24) is 25.0 Å². The van der Waals surface area contributed by atoms with Crippen LogP contribution in [0.2, 0.25) is 0 Å². The number of carbonyl (C=O) groups is 1. The standard InChI is InChI=1S/C20H25N5O3/c1-13(2)7-15-9-17(28-24-15)11-22-20(26)14-8-18-19(21-10-14)25(12-23-18)16-3-5-27-6-4-16/h8-10,12-13,16H,3-7,11H2,1-2H3,(H,22,26). The largest absolute Gasteiger partial charge is 0.381 e. The molecule has 8 heteroatoms. The van der Waals surface area contributed by atoms with E-state index in [0.717, 1.165) is 49.3 Å². The van der Waals surface area contributed by atoms with Gasteiger partial charge in [-0.3, -0.25) is 4.79 Å². The molecule has 0 spiro atoms. The van der Waals surface area contributed by atoms with Crippen molar-refractivity contribution in [3.8, 4) is 0 Å². The summed E-state index contributed by atoms with van der Waals surface area (Å²) in [5.41, 5.74) is 2.91. The van der Waals surface area contributed by atoms with Crippen molar-refractivity contribution in [3.63, 3.8) is 0 Å². The lowest BCUT2D eigenvalue weighted by Gasteiger charge is -2.23. The molecule has 0 aromatic carbocycles. The van der Waals surface area contributed by atoms with E-state index in [9.17, 15) is 4.79 Å². The molecular formula is C20H25N5O3. The summed E-state index contributed by atoms with van der Waals surface area (Å²) in [6.45, 7) is 6.06. The molecule has 4 rings (SSSR count). The van der Waals surface area contributed by atoms with Crippen molar-refractivity contribution >= 4 is 17.1 Å². The predicted molar refractivity (Wildman–Crippen MR) is 103 cm³/mol. The van der Waals surface area contributed by atoms with Gasteiger partial charge in [0.1, 0.15) is 5.52 Å². The van der Waals surface area contributed by atoms with Crippen LogP contribution in [0.3, 0.4) is 0 Å². The van der Waals surface area contributed by atoms with Crippen molar-refractivity contribution in [3.05, 3.63) is 41.7 Å². The average Bonchev–Trinajstić information content (AvgIpc) is 3.32. The van der Waals surface area contributed by atoms with Crippen LogP contribution in [0.25, 0.3) is 11.2 Å². The quantitative estimate of drug-likeness (QED) is 0.703. The molecule has 1 amide bonds. The van der Waals surface area contributed by atoms with E-state index < -0.39 is 0 Å². The van der Waals surface area contributed by atoms with Gasteiger partial charge in [-0.25, -0.2) is 9.97 Å². The highest BCUT2D eigenvalue weighted by atomic mass is 16.5. The fourth-order valence-electron chi connectivity index (χ4n) is 3.50. The zero-order chi connectivity index (χ0) is 19.5. The monoisotopic (exact) mass is 383 g/mol. The Labute approximate surface area is 163 Å². The van der Waals surface area contributed by atoms with Gasteiger partial charge in [0, 0.05) is 31.5 Å². The summed E-state index contributed by atoms with van der Waals surface area (Å²) in [5, 5.41) is 6.89. The minimum atomic E-state index is -0.211. The number of nitrogens with one attached hydrogen (secondary N) is 1. The maximum atomic E-state index is 12.5. The van der Waals surface area contributed by atoms with Crippen LogP contribution in [0, 0.1) is 5.92 Å². The number of carbonyl (C=O) groups excluding carboxylic acids is 1. The van der Waals surface area contributed by atoms with Gasteiger partial charge < -0.3 is 19.1 Å². The molecule has 0 unspecified atom stereocenters. The summed E-state index contributed by atoms with van der Waals surface area (Å²) in [6, 6.07) is 4.01. The summed E-state index contributed by atoms with van der Waals surface area (Å²) in [7, 11) is 0. The van der Waals surface area contributed by atoms with E-state index in [0.29, 0.717) is 29.8 Å². The second-order valence-electron chi connectivity index (χ2n) is 7.63. The molecule has 28 heavy (non-hydrogen) atoms. The zero-order valence-electron chi connectivity index (χ0n) is 16.2.